The first-order chi connectivity index (χ1) is 5.70. The largest absolute Gasteiger partial charge is 0.478 e. The molecule has 0 aliphatic carbocycles. The van der Waals surface area contributed by atoms with Crippen LogP contribution < -0.4 is 0 Å². The predicted molar refractivity (Wildman–Crippen MR) is 47.9 cm³/mol. The van der Waals surface area contributed by atoms with Crippen LogP contribution in [0.15, 0.2) is 36.4 Å². The highest BCUT2D eigenvalue weighted by atomic mass is 35.5. The van der Waals surface area contributed by atoms with E-state index in [0.717, 1.165) is 6.08 Å². The molecule has 1 rings (SSSR count). The van der Waals surface area contributed by atoms with Gasteiger partial charge in [-0.3, -0.25) is 0 Å². The molecule has 0 aromatic heterocycles. The number of benzene rings is 1. The van der Waals surface area contributed by atoms with E-state index >= 15 is 0 Å². The molecular weight excluding hydrogens is 176 g/mol. The van der Waals surface area contributed by atoms with E-state index in [2.05, 4.69) is 0 Å². The normalized spacial score (nSPS) is 11.2. The number of carbonyl (C=O) groups is 1. The standard InChI is InChI=1S/C9H7ClO2/c10-8(6-9(11)12)7-4-2-1-3-5-7/h1-6H,(H,11,12). The minimum Gasteiger partial charge on any atom is -0.478 e. The first-order valence-corrected chi connectivity index (χ1v) is 3.73. The van der Waals surface area contributed by atoms with Crippen molar-refractivity contribution in [3.05, 3.63) is 42.0 Å². The van der Waals surface area contributed by atoms with Gasteiger partial charge in [0.1, 0.15) is 0 Å². The number of halogens is 1. The van der Waals surface area contributed by atoms with Crippen LogP contribution in [0.2, 0.25) is 0 Å². The Morgan fingerprint density at radius 1 is 1.33 bits per heavy atom. The van der Waals surface area contributed by atoms with Crippen LogP contribution in [0.3, 0.4) is 0 Å². The van der Waals surface area contributed by atoms with Crippen LogP contribution in [0.4, 0.5) is 0 Å². The van der Waals surface area contributed by atoms with Gasteiger partial charge >= 0.3 is 5.97 Å². The Hall–Kier alpha value is -1.28. The van der Waals surface area contributed by atoms with Crippen LogP contribution >= 0.6 is 11.6 Å². The first-order valence-electron chi connectivity index (χ1n) is 3.35. The second-order valence-electron chi connectivity index (χ2n) is 2.20. The fourth-order valence-electron chi connectivity index (χ4n) is 0.789. The molecule has 0 saturated heterocycles. The highest BCUT2D eigenvalue weighted by Gasteiger charge is 1.98. The molecule has 0 fully saturated rings. The van der Waals surface area contributed by atoms with E-state index in [4.69, 9.17) is 16.7 Å². The van der Waals surface area contributed by atoms with Gasteiger partial charge in [-0.2, -0.15) is 0 Å². The van der Waals surface area contributed by atoms with Crippen molar-refractivity contribution in [1.82, 2.24) is 0 Å². The lowest BCUT2D eigenvalue weighted by Crippen LogP contribution is -1.88. The first kappa shape index (κ1) is 8.81. The van der Waals surface area contributed by atoms with Gasteiger partial charge in [0, 0.05) is 6.08 Å². The zero-order chi connectivity index (χ0) is 8.97. The van der Waals surface area contributed by atoms with Crippen LogP contribution in [0.25, 0.3) is 5.03 Å². The maximum atomic E-state index is 10.2. The van der Waals surface area contributed by atoms with Gasteiger partial charge in [-0.25, -0.2) is 4.79 Å². The van der Waals surface area contributed by atoms with Crippen molar-refractivity contribution in [2.75, 3.05) is 0 Å². The molecule has 0 bridgehead atoms. The van der Waals surface area contributed by atoms with Crippen molar-refractivity contribution in [3.63, 3.8) is 0 Å². The molecule has 0 atom stereocenters. The topological polar surface area (TPSA) is 37.3 Å². The number of aliphatic carboxylic acids is 1. The molecule has 2 nitrogen and oxygen atoms in total. The predicted octanol–water partition coefficient (Wildman–Crippen LogP) is 2.35. The van der Waals surface area contributed by atoms with E-state index in [1.807, 2.05) is 6.07 Å². The Balaban J connectivity index is 2.93. The summed E-state index contributed by atoms with van der Waals surface area (Å²) in [5.41, 5.74) is 0.710. The molecule has 1 N–H and O–H groups in total. The van der Waals surface area contributed by atoms with E-state index in [9.17, 15) is 4.79 Å². The number of hydrogen-bond donors (Lipinski definition) is 1. The molecule has 0 spiro atoms. The number of carboxylic acids is 1. The lowest BCUT2D eigenvalue weighted by atomic mass is 10.2. The Bertz CT molecular complexity index is 304. The summed E-state index contributed by atoms with van der Waals surface area (Å²) in [5, 5.41) is 8.62. The SMILES string of the molecule is O=C(O)C=C(Cl)c1ccccc1. The zero-order valence-electron chi connectivity index (χ0n) is 6.20. The van der Waals surface area contributed by atoms with Crippen molar-refractivity contribution in [1.29, 1.82) is 0 Å². The Morgan fingerprint density at radius 2 is 1.92 bits per heavy atom. The van der Waals surface area contributed by atoms with Crippen molar-refractivity contribution >= 4 is 22.6 Å². The summed E-state index contributed by atoms with van der Waals surface area (Å²) in [6.07, 6.45) is 0.969. The Kier molecular flexibility index (Phi) is 2.88. The van der Waals surface area contributed by atoms with Gasteiger partial charge in [0.2, 0.25) is 0 Å². The molecule has 3 heteroatoms. The summed E-state index contributed by atoms with van der Waals surface area (Å²) < 4.78 is 0. The van der Waals surface area contributed by atoms with Crippen molar-refractivity contribution in [3.8, 4) is 0 Å². The number of carboxylic acid groups (broad SMARTS) is 1. The minimum absolute atomic E-state index is 0.239. The monoisotopic (exact) mass is 182 g/mol. The van der Waals surface area contributed by atoms with Gasteiger partial charge in [-0.1, -0.05) is 41.9 Å². The van der Waals surface area contributed by atoms with Crippen LogP contribution in [0, 0.1) is 0 Å². The summed E-state index contributed by atoms with van der Waals surface area (Å²) in [7, 11) is 0. The number of rotatable bonds is 2. The van der Waals surface area contributed by atoms with E-state index in [1.165, 1.54) is 0 Å². The number of hydrogen-bond acceptors (Lipinski definition) is 1. The average Bonchev–Trinajstić information content (AvgIpc) is 2.05. The third-order valence-corrected chi connectivity index (χ3v) is 1.63. The maximum Gasteiger partial charge on any atom is 0.329 e. The van der Waals surface area contributed by atoms with Gasteiger partial charge < -0.3 is 5.11 Å². The summed E-state index contributed by atoms with van der Waals surface area (Å²) >= 11 is 5.68. The summed E-state index contributed by atoms with van der Waals surface area (Å²) in [4.78, 5) is 10.2. The van der Waals surface area contributed by atoms with Gasteiger partial charge in [0.15, 0.2) is 0 Å². The Labute approximate surface area is 75.1 Å². The van der Waals surface area contributed by atoms with E-state index in [-0.39, 0.29) is 5.03 Å². The van der Waals surface area contributed by atoms with E-state index in [1.54, 1.807) is 24.3 Å². The molecular formula is C9H7ClO2. The lowest BCUT2D eigenvalue weighted by molar-refractivity contribution is -0.131. The molecule has 1 aromatic rings. The summed E-state index contributed by atoms with van der Waals surface area (Å²) in [5.74, 6) is -1.04. The van der Waals surface area contributed by atoms with Crippen molar-refractivity contribution in [2.45, 2.75) is 0 Å². The van der Waals surface area contributed by atoms with Crippen LogP contribution in [0.1, 0.15) is 5.56 Å². The smallest absolute Gasteiger partial charge is 0.329 e. The van der Waals surface area contributed by atoms with Gasteiger partial charge in [0.25, 0.3) is 0 Å². The fourth-order valence-corrected chi connectivity index (χ4v) is 1.01. The molecule has 62 valence electrons. The van der Waals surface area contributed by atoms with Gasteiger partial charge in [-0.15, -0.1) is 0 Å². The van der Waals surface area contributed by atoms with Crippen LogP contribution in [-0.4, -0.2) is 11.1 Å². The molecule has 0 aliphatic rings. The quantitative estimate of drug-likeness (QED) is 0.713. The average molecular weight is 183 g/mol. The third-order valence-electron chi connectivity index (χ3n) is 1.30. The summed E-state index contributed by atoms with van der Waals surface area (Å²) in [6, 6.07) is 8.94. The molecule has 1 aromatic carbocycles. The molecule has 0 amide bonds. The highest BCUT2D eigenvalue weighted by molar-refractivity contribution is 6.50. The lowest BCUT2D eigenvalue weighted by Gasteiger charge is -1.95. The molecule has 0 heterocycles. The van der Waals surface area contributed by atoms with Crippen molar-refractivity contribution in [2.24, 2.45) is 0 Å². The molecule has 0 radical (unpaired) electrons. The van der Waals surface area contributed by atoms with Crippen LogP contribution in [0.5, 0.6) is 0 Å². The molecule has 0 saturated carbocycles. The van der Waals surface area contributed by atoms with Crippen LogP contribution in [-0.2, 0) is 4.79 Å². The van der Waals surface area contributed by atoms with Gasteiger partial charge in [-0.05, 0) is 5.56 Å². The summed E-state index contributed by atoms with van der Waals surface area (Å²) in [6.45, 7) is 0. The highest BCUT2D eigenvalue weighted by Crippen LogP contribution is 2.17. The second-order valence-corrected chi connectivity index (χ2v) is 2.60. The Morgan fingerprint density at radius 3 is 2.42 bits per heavy atom. The van der Waals surface area contributed by atoms with E-state index in [0.29, 0.717) is 5.56 Å². The van der Waals surface area contributed by atoms with E-state index < -0.39 is 5.97 Å². The maximum absolute atomic E-state index is 10.2. The zero-order valence-corrected chi connectivity index (χ0v) is 6.95. The molecule has 0 aliphatic heterocycles. The third kappa shape index (κ3) is 2.40. The fraction of sp³-hybridized carbons (Fsp3) is 0. The second kappa shape index (κ2) is 3.93. The minimum atomic E-state index is -1.04. The molecule has 0 unspecified atom stereocenters. The molecule has 12 heavy (non-hydrogen) atoms. The van der Waals surface area contributed by atoms with Gasteiger partial charge in [0.05, 0.1) is 5.03 Å². The van der Waals surface area contributed by atoms with Crippen molar-refractivity contribution < 1.29 is 9.90 Å².